The molecule has 1 aliphatic rings. The number of carbonyl (C=O) groups is 3. The van der Waals surface area contributed by atoms with Gasteiger partial charge in [0.05, 0.1) is 17.6 Å². The third kappa shape index (κ3) is 4.82. The lowest BCUT2D eigenvalue weighted by Crippen LogP contribution is -2.34. The summed E-state index contributed by atoms with van der Waals surface area (Å²) in [5.74, 6) is -4.00. The normalized spacial score (nSPS) is 18.1. The lowest BCUT2D eigenvalue weighted by Gasteiger charge is -2.25. The molecule has 3 rings (SSSR count). The number of nitrogens with one attached hydrogen (secondary N) is 1. The van der Waals surface area contributed by atoms with Gasteiger partial charge in [-0.05, 0) is 31.5 Å². The van der Waals surface area contributed by atoms with E-state index in [1.54, 1.807) is 4.90 Å². The molecule has 1 fully saturated rings. The van der Waals surface area contributed by atoms with Crippen molar-refractivity contribution >= 4 is 23.5 Å². The molecule has 30 heavy (non-hydrogen) atoms. The van der Waals surface area contributed by atoms with Gasteiger partial charge in [0, 0.05) is 19.0 Å². The van der Waals surface area contributed by atoms with Crippen molar-refractivity contribution in [1.82, 2.24) is 4.90 Å². The van der Waals surface area contributed by atoms with Crippen molar-refractivity contribution in [2.24, 2.45) is 5.92 Å². The maximum absolute atomic E-state index is 13.7. The summed E-state index contributed by atoms with van der Waals surface area (Å²) in [7, 11) is 0. The first-order valence-corrected chi connectivity index (χ1v) is 9.57. The molecule has 2 aromatic carbocycles. The van der Waals surface area contributed by atoms with Crippen LogP contribution in [0.4, 0.5) is 14.5 Å². The van der Waals surface area contributed by atoms with Crippen molar-refractivity contribution in [3.63, 3.8) is 0 Å². The molecule has 1 aliphatic heterocycles. The highest BCUT2D eigenvalue weighted by Crippen LogP contribution is 2.29. The van der Waals surface area contributed by atoms with Crippen LogP contribution in [0, 0.1) is 17.6 Å². The third-order valence-corrected chi connectivity index (χ3v) is 5.09. The van der Waals surface area contributed by atoms with Crippen molar-refractivity contribution < 1.29 is 27.9 Å². The van der Waals surface area contributed by atoms with E-state index in [2.05, 4.69) is 5.32 Å². The summed E-state index contributed by atoms with van der Waals surface area (Å²) in [6, 6.07) is 12.0. The molecule has 2 amide bonds. The van der Waals surface area contributed by atoms with E-state index in [1.165, 1.54) is 6.92 Å². The summed E-state index contributed by atoms with van der Waals surface area (Å²) in [6.45, 7) is 3.42. The molecule has 1 saturated heterocycles. The number of esters is 1. The fourth-order valence-corrected chi connectivity index (χ4v) is 3.32. The van der Waals surface area contributed by atoms with E-state index in [4.69, 9.17) is 4.74 Å². The smallest absolute Gasteiger partial charge is 0.312 e. The second-order valence-electron chi connectivity index (χ2n) is 7.23. The van der Waals surface area contributed by atoms with E-state index in [1.807, 2.05) is 37.3 Å². The van der Waals surface area contributed by atoms with Crippen LogP contribution in [0.3, 0.4) is 0 Å². The molecular formula is C22H22F2N2O4. The van der Waals surface area contributed by atoms with Crippen LogP contribution in [0.25, 0.3) is 0 Å². The number of halogens is 2. The maximum Gasteiger partial charge on any atom is 0.312 e. The fraction of sp³-hybridized carbons (Fsp3) is 0.318. The lowest BCUT2D eigenvalue weighted by molar-refractivity contribution is -0.157. The summed E-state index contributed by atoms with van der Waals surface area (Å²) < 4.78 is 31.8. The first-order chi connectivity index (χ1) is 14.3. The topological polar surface area (TPSA) is 75.7 Å². The van der Waals surface area contributed by atoms with Gasteiger partial charge >= 0.3 is 5.97 Å². The minimum absolute atomic E-state index is 0.00304. The van der Waals surface area contributed by atoms with Crippen LogP contribution in [0.2, 0.25) is 0 Å². The molecule has 0 spiro atoms. The van der Waals surface area contributed by atoms with E-state index in [9.17, 15) is 23.2 Å². The van der Waals surface area contributed by atoms with Crippen LogP contribution in [-0.2, 0) is 19.1 Å². The lowest BCUT2D eigenvalue weighted by atomic mass is 10.1. The third-order valence-electron chi connectivity index (χ3n) is 5.09. The van der Waals surface area contributed by atoms with Gasteiger partial charge in [-0.25, -0.2) is 8.78 Å². The zero-order valence-electron chi connectivity index (χ0n) is 16.6. The molecule has 6 nitrogen and oxygen atoms in total. The molecule has 1 N–H and O–H groups in total. The number of hydrogen-bond donors (Lipinski definition) is 1. The predicted octanol–water partition coefficient (Wildman–Crippen LogP) is 3.44. The average molecular weight is 416 g/mol. The van der Waals surface area contributed by atoms with Crippen LogP contribution >= 0.6 is 0 Å². The Balaban J connectivity index is 1.57. The predicted molar refractivity (Wildman–Crippen MR) is 105 cm³/mol. The fourth-order valence-electron chi connectivity index (χ4n) is 3.32. The first kappa shape index (κ1) is 21.4. The number of likely N-dealkylation sites (tertiary alicyclic amines) is 1. The summed E-state index contributed by atoms with van der Waals surface area (Å²) in [4.78, 5) is 38.7. The van der Waals surface area contributed by atoms with Crippen molar-refractivity contribution in [3.05, 3.63) is 65.7 Å². The Labute approximate surface area is 172 Å². The Kier molecular flexibility index (Phi) is 6.44. The van der Waals surface area contributed by atoms with E-state index < -0.39 is 35.5 Å². The van der Waals surface area contributed by atoms with Gasteiger partial charge < -0.3 is 15.0 Å². The molecule has 0 unspecified atom stereocenters. The number of carbonyl (C=O) groups excluding carboxylic acids is 3. The molecule has 3 atom stereocenters. The van der Waals surface area contributed by atoms with Gasteiger partial charge in [0.1, 0.15) is 11.6 Å². The summed E-state index contributed by atoms with van der Waals surface area (Å²) in [5, 5.41) is 2.26. The standard InChI is InChI=1S/C22H22F2N2O4/c1-13(15-6-4-3-5-7-15)26-12-16(10-20(26)27)22(29)30-14(2)21(28)25-19-9-8-17(23)11-18(19)24/h3-9,11,13-14,16H,10,12H2,1-2H3,(H,25,28)/t13-,14+,16-/m1/s1. The molecular weight excluding hydrogens is 394 g/mol. The van der Waals surface area contributed by atoms with Crippen LogP contribution < -0.4 is 5.32 Å². The number of nitrogens with zero attached hydrogens (tertiary/aromatic N) is 1. The molecule has 1 heterocycles. The quantitative estimate of drug-likeness (QED) is 0.732. The van der Waals surface area contributed by atoms with E-state index in [0.29, 0.717) is 6.07 Å². The number of hydrogen-bond acceptors (Lipinski definition) is 4. The van der Waals surface area contributed by atoms with Gasteiger partial charge in [0.25, 0.3) is 5.91 Å². The SMILES string of the molecule is C[C@H](OC(=O)[C@@H]1CC(=O)N([C@H](C)c2ccccc2)C1)C(=O)Nc1ccc(F)cc1F. The molecule has 0 aromatic heterocycles. The molecule has 0 bridgehead atoms. The minimum Gasteiger partial charge on any atom is -0.452 e. The molecule has 2 aromatic rings. The summed E-state index contributed by atoms with van der Waals surface area (Å²) >= 11 is 0. The van der Waals surface area contributed by atoms with Gasteiger partial charge in [-0.1, -0.05) is 30.3 Å². The summed E-state index contributed by atoms with van der Waals surface area (Å²) in [6.07, 6.45) is -1.21. The number of benzene rings is 2. The van der Waals surface area contributed by atoms with Gasteiger partial charge in [0.2, 0.25) is 5.91 Å². The Bertz CT molecular complexity index is 951. The van der Waals surface area contributed by atoms with Crippen LogP contribution in [0.15, 0.2) is 48.5 Å². The van der Waals surface area contributed by atoms with Crippen molar-refractivity contribution in [2.45, 2.75) is 32.4 Å². The van der Waals surface area contributed by atoms with Gasteiger partial charge in [-0.3, -0.25) is 14.4 Å². The van der Waals surface area contributed by atoms with Crippen LogP contribution in [0.5, 0.6) is 0 Å². The molecule has 8 heteroatoms. The Hall–Kier alpha value is -3.29. The monoisotopic (exact) mass is 416 g/mol. The van der Waals surface area contributed by atoms with Crippen molar-refractivity contribution in [2.75, 3.05) is 11.9 Å². The Morgan fingerprint density at radius 2 is 1.83 bits per heavy atom. The molecule has 158 valence electrons. The summed E-state index contributed by atoms with van der Waals surface area (Å²) in [5.41, 5.74) is 0.733. The highest BCUT2D eigenvalue weighted by Gasteiger charge is 2.38. The molecule has 0 saturated carbocycles. The maximum atomic E-state index is 13.7. The molecule has 0 radical (unpaired) electrons. The number of amides is 2. The zero-order chi connectivity index (χ0) is 21.8. The van der Waals surface area contributed by atoms with E-state index in [0.717, 1.165) is 17.7 Å². The number of rotatable bonds is 6. The number of anilines is 1. The Morgan fingerprint density at radius 1 is 1.13 bits per heavy atom. The highest BCUT2D eigenvalue weighted by molar-refractivity contribution is 5.95. The van der Waals surface area contributed by atoms with Crippen molar-refractivity contribution in [1.29, 1.82) is 0 Å². The van der Waals surface area contributed by atoms with Gasteiger partial charge in [-0.15, -0.1) is 0 Å². The van der Waals surface area contributed by atoms with Gasteiger partial charge in [-0.2, -0.15) is 0 Å². The van der Waals surface area contributed by atoms with Crippen LogP contribution in [0.1, 0.15) is 31.9 Å². The highest BCUT2D eigenvalue weighted by atomic mass is 19.1. The number of ether oxygens (including phenoxy) is 1. The second kappa shape index (κ2) is 9.02. The van der Waals surface area contributed by atoms with Crippen LogP contribution in [-0.4, -0.2) is 35.3 Å². The van der Waals surface area contributed by atoms with E-state index in [-0.39, 0.29) is 30.6 Å². The largest absolute Gasteiger partial charge is 0.452 e. The minimum atomic E-state index is -1.21. The molecule has 0 aliphatic carbocycles. The average Bonchev–Trinajstić information content (AvgIpc) is 3.11. The van der Waals surface area contributed by atoms with E-state index >= 15 is 0 Å². The van der Waals surface area contributed by atoms with Crippen molar-refractivity contribution in [3.8, 4) is 0 Å². The second-order valence-corrected chi connectivity index (χ2v) is 7.23. The Morgan fingerprint density at radius 3 is 2.50 bits per heavy atom. The van der Waals surface area contributed by atoms with Gasteiger partial charge in [0.15, 0.2) is 6.10 Å². The zero-order valence-corrected chi connectivity index (χ0v) is 16.6. The first-order valence-electron chi connectivity index (χ1n) is 9.57.